The van der Waals surface area contributed by atoms with Crippen molar-refractivity contribution >= 4 is 0 Å². The van der Waals surface area contributed by atoms with Gasteiger partial charge >= 0.3 is 0 Å². The summed E-state index contributed by atoms with van der Waals surface area (Å²) in [5.74, 6) is 0.730. The summed E-state index contributed by atoms with van der Waals surface area (Å²) < 4.78 is 0. The van der Waals surface area contributed by atoms with Crippen molar-refractivity contribution in [1.29, 1.82) is 0 Å². The Morgan fingerprint density at radius 3 is 2.55 bits per heavy atom. The molecule has 0 aromatic heterocycles. The minimum Gasteiger partial charge on any atom is -0.399 e. The molecule has 0 saturated heterocycles. The molecule has 0 bridgehead atoms. The first-order valence-electron chi connectivity index (χ1n) is 4.19. The molecule has 0 aliphatic carbocycles. The first-order chi connectivity index (χ1) is 5.07. The average molecular weight is 153 g/mol. The van der Waals surface area contributed by atoms with Crippen molar-refractivity contribution in [2.45, 2.75) is 33.6 Å². The van der Waals surface area contributed by atoms with Gasteiger partial charge in [-0.15, -0.1) is 0 Å². The Bertz CT molecular complexity index is 156. The number of nitrogens with two attached hydrogens (primary N) is 1. The highest BCUT2D eigenvalue weighted by molar-refractivity contribution is 5.22. The molecule has 1 atom stereocenters. The van der Waals surface area contributed by atoms with E-state index in [4.69, 9.17) is 5.73 Å². The van der Waals surface area contributed by atoms with Gasteiger partial charge in [0, 0.05) is 5.70 Å². The number of allylic oxidation sites excluding steroid dienone is 2. The van der Waals surface area contributed by atoms with Crippen LogP contribution in [0.5, 0.6) is 0 Å². The van der Waals surface area contributed by atoms with Gasteiger partial charge in [0.15, 0.2) is 0 Å². The van der Waals surface area contributed by atoms with E-state index in [1.165, 1.54) is 6.42 Å². The van der Waals surface area contributed by atoms with Crippen molar-refractivity contribution in [1.82, 2.24) is 0 Å². The summed E-state index contributed by atoms with van der Waals surface area (Å²) in [5, 5.41) is 0. The highest BCUT2D eigenvalue weighted by atomic mass is 14.6. The van der Waals surface area contributed by atoms with E-state index in [2.05, 4.69) is 26.5 Å². The Kier molecular flexibility index (Phi) is 4.67. The van der Waals surface area contributed by atoms with Gasteiger partial charge in [-0.3, -0.25) is 0 Å². The molecule has 0 fully saturated rings. The second kappa shape index (κ2) is 5.00. The van der Waals surface area contributed by atoms with Gasteiger partial charge in [0.25, 0.3) is 0 Å². The Morgan fingerprint density at radius 1 is 1.64 bits per heavy atom. The molecule has 0 heterocycles. The van der Waals surface area contributed by atoms with Crippen LogP contribution in [0.1, 0.15) is 33.6 Å². The summed E-state index contributed by atoms with van der Waals surface area (Å²) >= 11 is 0. The molecule has 0 amide bonds. The van der Waals surface area contributed by atoms with Crippen LogP contribution in [0.4, 0.5) is 0 Å². The first kappa shape index (κ1) is 10.3. The maximum atomic E-state index is 5.68. The van der Waals surface area contributed by atoms with Crippen molar-refractivity contribution in [3.8, 4) is 0 Å². The predicted octanol–water partition coefficient (Wildman–Crippen LogP) is 2.84. The summed E-state index contributed by atoms with van der Waals surface area (Å²) in [6.07, 6.45) is 4.34. The quantitative estimate of drug-likeness (QED) is 0.617. The highest BCUT2D eigenvalue weighted by Gasteiger charge is 1.96. The molecule has 0 rings (SSSR count). The first-order valence-corrected chi connectivity index (χ1v) is 4.19. The maximum absolute atomic E-state index is 5.68. The van der Waals surface area contributed by atoms with Crippen LogP contribution in [0.2, 0.25) is 0 Å². The van der Waals surface area contributed by atoms with Gasteiger partial charge in [-0.25, -0.2) is 0 Å². The summed E-state index contributed by atoms with van der Waals surface area (Å²) in [7, 11) is 0. The molecule has 1 nitrogen and oxygen atoms in total. The zero-order valence-electron chi connectivity index (χ0n) is 7.85. The lowest BCUT2D eigenvalue weighted by atomic mass is 10.0. The van der Waals surface area contributed by atoms with Crippen molar-refractivity contribution in [3.63, 3.8) is 0 Å². The van der Waals surface area contributed by atoms with Crippen LogP contribution in [-0.2, 0) is 0 Å². The SMILES string of the molecule is C=C(C)/C(N)=C\C[C@H](C)CC. The zero-order chi connectivity index (χ0) is 8.85. The lowest BCUT2D eigenvalue weighted by Gasteiger charge is -2.04. The third kappa shape index (κ3) is 4.65. The van der Waals surface area contributed by atoms with Crippen LogP contribution >= 0.6 is 0 Å². The molecule has 0 saturated carbocycles. The van der Waals surface area contributed by atoms with E-state index in [0.717, 1.165) is 23.6 Å². The Morgan fingerprint density at radius 2 is 2.18 bits per heavy atom. The average Bonchev–Trinajstić information content (AvgIpc) is 1.99. The summed E-state index contributed by atoms with van der Waals surface area (Å²) in [4.78, 5) is 0. The van der Waals surface area contributed by atoms with E-state index in [0.29, 0.717) is 0 Å². The fourth-order valence-corrected chi connectivity index (χ4v) is 0.669. The minimum absolute atomic E-state index is 0.730. The van der Waals surface area contributed by atoms with Gasteiger partial charge in [-0.2, -0.15) is 0 Å². The number of hydrogen-bond donors (Lipinski definition) is 1. The Hall–Kier alpha value is -0.720. The van der Waals surface area contributed by atoms with Gasteiger partial charge in [-0.1, -0.05) is 32.9 Å². The Balaban J connectivity index is 3.82. The van der Waals surface area contributed by atoms with Gasteiger partial charge in [-0.05, 0) is 24.8 Å². The van der Waals surface area contributed by atoms with Crippen LogP contribution in [0.3, 0.4) is 0 Å². The fourth-order valence-electron chi connectivity index (χ4n) is 0.669. The third-order valence-electron chi connectivity index (χ3n) is 1.93. The highest BCUT2D eigenvalue weighted by Crippen LogP contribution is 2.09. The molecule has 1 heteroatoms. The number of rotatable bonds is 4. The molecule has 0 aliphatic heterocycles. The molecule has 64 valence electrons. The van der Waals surface area contributed by atoms with Crippen molar-refractivity contribution < 1.29 is 0 Å². The van der Waals surface area contributed by atoms with Crippen LogP contribution < -0.4 is 5.73 Å². The van der Waals surface area contributed by atoms with Gasteiger partial charge in [0.2, 0.25) is 0 Å². The molecule has 0 aromatic rings. The third-order valence-corrected chi connectivity index (χ3v) is 1.93. The molecule has 0 radical (unpaired) electrons. The Labute approximate surface area is 70.0 Å². The largest absolute Gasteiger partial charge is 0.399 e. The van der Waals surface area contributed by atoms with E-state index in [1.807, 2.05) is 6.92 Å². The van der Waals surface area contributed by atoms with E-state index in [-0.39, 0.29) is 0 Å². The van der Waals surface area contributed by atoms with Crippen LogP contribution in [-0.4, -0.2) is 0 Å². The van der Waals surface area contributed by atoms with Crippen LogP contribution in [0, 0.1) is 5.92 Å². The van der Waals surface area contributed by atoms with Crippen molar-refractivity contribution in [2.24, 2.45) is 11.7 Å². The maximum Gasteiger partial charge on any atom is 0.0297 e. The molecule has 0 aromatic carbocycles. The van der Waals surface area contributed by atoms with E-state index in [9.17, 15) is 0 Å². The van der Waals surface area contributed by atoms with Crippen LogP contribution in [0.25, 0.3) is 0 Å². The van der Waals surface area contributed by atoms with Gasteiger partial charge < -0.3 is 5.73 Å². The predicted molar refractivity (Wildman–Crippen MR) is 51.2 cm³/mol. The fraction of sp³-hybridized carbons (Fsp3) is 0.600. The molecule has 0 aliphatic rings. The summed E-state index contributed by atoms with van der Waals surface area (Å²) in [5.41, 5.74) is 7.49. The monoisotopic (exact) mass is 153 g/mol. The molecule has 11 heavy (non-hydrogen) atoms. The lowest BCUT2D eigenvalue weighted by molar-refractivity contribution is 0.570. The molecule has 0 unspecified atom stereocenters. The van der Waals surface area contributed by atoms with E-state index >= 15 is 0 Å². The zero-order valence-corrected chi connectivity index (χ0v) is 7.85. The topological polar surface area (TPSA) is 26.0 Å². The molecule has 2 N–H and O–H groups in total. The van der Waals surface area contributed by atoms with Crippen molar-refractivity contribution in [2.75, 3.05) is 0 Å². The summed E-state index contributed by atoms with van der Waals surface area (Å²) in [6, 6.07) is 0. The normalized spacial score (nSPS) is 14.6. The molecular weight excluding hydrogens is 134 g/mol. The second-order valence-electron chi connectivity index (χ2n) is 3.19. The van der Waals surface area contributed by atoms with Crippen molar-refractivity contribution in [3.05, 3.63) is 23.9 Å². The second-order valence-corrected chi connectivity index (χ2v) is 3.19. The molecular formula is C10H19N. The van der Waals surface area contributed by atoms with Gasteiger partial charge in [0.05, 0.1) is 0 Å². The smallest absolute Gasteiger partial charge is 0.0297 e. The standard InChI is InChI=1S/C10H19N/c1-5-9(4)6-7-10(11)8(2)3/h7,9H,2,5-6,11H2,1,3-4H3/b10-7+/t9-/m1/s1. The lowest BCUT2D eigenvalue weighted by Crippen LogP contribution is -1.99. The van der Waals surface area contributed by atoms with E-state index in [1.54, 1.807) is 0 Å². The molecule has 0 spiro atoms. The minimum atomic E-state index is 0.730. The van der Waals surface area contributed by atoms with Gasteiger partial charge in [0.1, 0.15) is 0 Å². The van der Waals surface area contributed by atoms with Crippen LogP contribution in [0.15, 0.2) is 23.9 Å². The van der Waals surface area contributed by atoms with E-state index < -0.39 is 0 Å². The number of hydrogen-bond acceptors (Lipinski definition) is 1. The summed E-state index contributed by atoms with van der Waals surface area (Å²) in [6.45, 7) is 10.1.